The van der Waals surface area contributed by atoms with Crippen molar-refractivity contribution >= 4 is 40.7 Å². The molecule has 3 N–H and O–H groups in total. The number of aromatic nitrogens is 3. The lowest BCUT2D eigenvalue weighted by atomic mass is 9.97. The Labute approximate surface area is 314 Å². The van der Waals surface area contributed by atoms with Crippen LogP contribution in [0.1, 0.15) is 81.0 Å². The predicted octanol–water partition coefficient (Wildman–Crippen LogP) is 6.98. The second kappa shape index (κ2) is 15.8. The van der Waals surface area contributed by atoms with E-state index in [2.05, 4.69) is 25.8 Å². The molecule has 5 heterocycles. The number of nitrogens with zero attached hydrogens (tertiary/aromatic N) is 4. The zero-order chi connectivity index (χ0) is 37.8. The van der Waals surface area contributed by atoms with Crippen molar-refractivity contribution < 1.29 is 23.9 Å². The highest BCUT2D eigenvalue weighted by atomic mass is 16.5. The van der Waals surface area contributed by atoms with E-state index in [0.29, 0.717) is 47.5 Å². The van der Waals surface area contributed by atoms with E-state index in [1.165, 1.54) is 6.42 Å². The van der Waals surface area contributed by atoms with E-state index in [0.717, 1.165) is 65.8 Å². The Hall–Kier alpha value is -6.17. The van der Waals surface area contributed by atoms with Gasteiger partial charge in [0.2, 0.25) is 5.91 Å². The number of rotatable bonds is 11. The number of hydrogen-bond acceptors (Lipinski definition) is 6. The molecule has 12 heteroatoms. The van der Waals surface area contributed by atoms with Crippen LogP contribution in [-0.2, 0) is 25.3 Å². The van der Waals surface area contributed by atoms with Crippen LogP contribution in [0, 0.1) is 6.92 Å². The monoisotopic (exact) mass is 727 g/mol. The Kier molecular flexibility index (Phi) is 10.6. The van der Waals surface area contributed by atoms with E-state index in [1.54, 1.807) is 65.1 Å². The predicted molar refractivity (Wildman–Crippen MR) is 208 cm³/mol. The van der Waals surface area contributed by atoms with Gasteiger partial charge in [0, 0.05) is 80.4 Å². The van der Waals surface area contributed by atoms with Gasteiger partial charge >= 0.3 is 0 Å². The fourth-order valence-electron chi connectivity index (χ4n) is 7.35. The van der Waals surface area contributed by atoms with Gasteiger partial charge in [0.15, 0.2) is 0 Å². The van der Waals surface area contributed by atoms with Crippen LogP contribution in [0.4, 0.5) is 17.1 Å². The molecule has 0 radical (unpaired) electrons. The lowest BCUT2D eigenvalue weighted by Gasteiger charge is -2.34. The molecule has 2 aliphatic heterocycles. The second-order valence-electron chi connectivity index (χ2n) is 14.1. The summed E-state index contributed by atoms with van der Waals surface area (Å²) in [5, 5.41) is 8.69. The minimum absolute atomic E-state index is 0.138. The lowest BCUT2D eigenvalue weighted by Crippen LogP contribution is -2.42. The van der Waals surface area contributed by atoms with Gasteiger partial charge in [-0.2, -0.15) is 0 Å². The van der Waals surface area contributed by atoms with Crippen LogP contribution in [-0.4, -0.2) is 61.8 Å². The van der Waals surface area contributed by atoms with Crippen molar-refractivity contribution in [1.29, 1.82) is 0 Å². The summed E-state index contributed by atoms with van der Waals surface area (Å²) in [5.41, 5.74) is 7.19. The Morgan fingerprint density at radius 3 is 2.26 bits per heavy atom. The van der Waals surface area contributed by atoms with Crippen LogP contribution in [0.5, 0.6) is 5.75 Å². The number of hydrogen-bond donors (Lipinski definition) is 3. The number of anilines is 3. The summed E-state index contributed by atoms with van der Waals surface area (Å²) >= 11 is 0. The minimum Gasteiger partial charge on any atom is -0.493 e. The molecule has 7 rings (SSSR count). The number of amides is 4. The molecule has 2 aromatic carbocycles. The molecule has 0 bridgehead atoms. The third kappa shape index (κ3) is 8.07. The Morgan fingerprint density at radius 1 is 0.796 bits per heavy atom. The summed E-state index contributed by atoms with van der Waals surface area (Å²) in [6, 6.07) is 18.6. The summed E-state index contributed by atoms with van der Waals surface area (Å²) in [5.74, 6) is 0.174. The highest BCUT2D eigenvalue weighted by Crippen LogP contribution is 2.32. The number of aryl methyl sites for hydroxylation is 4. The molecule has 1 atom stereocenters. The van der Waals surface area contributed by atoms with Crippen LogP contribution >= 0.6 is 0 Å². The maximum Gasteiger partial charge on any atom is 0.272 e. The first-order chi connectivity index (χ1) is 26.1. The number of fused-ring (bicyclic) bond motifs is 2. The molecule has 4 amide bonds. The van der Waals surface area contributed by atoms with Crippen LogP contribution < -0.4 is 20.7 Å². The Balaban J connectivity index is 0.887. The fraction of sp³-hybridized carbons (Fsp3) is 0.310. The molecule has 2 aliphatic rings. The van der Waals surface area contributed by atoms with Crippen molar-refractivity contribution in [2.75, 3.05) is 29.1 Å². The number of carbonyl (C=O) groups excluding carboxylic acids is 4. The van der Waals surface area contributed by atoms with Crippen LogP contribution in [0.15, 0.2) is 85.5 Å². The SMILES string of the molecule is Cc1cc2c(cc1OCCCC(=O)Nc1cc(C(=O)Nc3ccc(-c4cc(C(=O)Nc5ccncc5)n(C)c4)cc3)n(C)c1)CC[C@@H]1CCCCN1C2=O. The molecule has 1 fully saturated rings. The molecule has 3 aromatic heterocycles. The molecular weight excluding hydrogens is 683 g/mol. The number of piperidine rings is 1. The van der Waals surface area contributed by atoms with Crippen LogP contribution in [0.3, 0.4) is 0 Å². The highest BCUT2D eigenvalue weighted by Gasteiger charge is 2.32. The Morgan fingerprint density at radius 2 is 1.50 bits per heavy atom. The van der Waals surface area contributed by atoms with Crippen molar-refractivity contribution in [3.63, 3.8) is 0 Å². The van der Waals surface area contributed by atoms with Crippen molar-refractivity contribution in [1.82, 2.24) is 19.0 Å². The summed E-state index contributed by atoms with van der Waals surface area (Å²) in [7, 11) is 3.57. The van der Waals surface area contributed by atoms with Crippen molar-refractivity contribution in [3.8, 4) is 16.9 Å². The summed E-state index contributed by atoms with van der Waals surface area (Å²) < 4.78 is 9.54. The van der Waals surface area contributed by atoms with Crippen molar-refractivity contribution in [2.45, 2.75) is 57.9 Å². The lowest BCUT2D eigenvalue weighted by molar-refractivity contribution is -0.116. The molecule has 54 heavy (non-hydrogen) atoms. The largest absolute Gasteiger partial charge is 0.493 e. The second-order valence-corrected chi connectivity index (χ2v) is 14.1. The van der Waals surface area contributed by atoms with Gasteiger partial charge in [0.25, 0.3) is 17.7 Å². The van der Waals surface area contributed by atoms with E-state index in [4.69, 9.17) is 4.74 Å². The first kappa shape index (κ1) is 36.2. The van der Waals surface area contributed by atoms with Crippen molar-refractivity contribution in [2.24, 2.45) is 14.1 Å². The van der Waals surface area contributed by atoms with Crippen LogP contribution in [0.25, 0.3) is 11.1 Å². The fourth-order valence-corrected chi connectivity index (χ4v) is 7.35. The van der Waals surface area contributed by atoms with E-state index >= 15 is 0 Å². The van der Waals surface area contributed by atoms with E-state index in [1.807, 2.05) is 50.5 Å². The van der Waals surface area contributed by atoms with Gasteiger partial charge in [-0.3, -0.25) is 24.2 Å². The summed E-state index contributed by atoms with van der Waals surface area (Å²) in [6.07, 6.45) is 12.7. The van der Waals surface area contributed by atoms with Gasteiger partial charge in [-0.15, -0.1) is 0 Å². The van der Waals surface area contributed by atoms with Gasteiger partial charge in [0.05, 0.1) is 12.3 Å². The topological polar surface area (TPSA) is 140 Å². The molecule has 0 saturated carbocycles. The Bertz CT molecular complexity index is 2190. The summed E-state index contributed by atoms with van der Waals surface area (Å²) in [4.78, 5) is 58.2. The number of pyridine rings is 1. The minimum atomic E-state index is -0.317. The molecule has 0 unspecified atom stereocenters. The zero-order valence-electron chi connectivity index (χ0n) is 30.9. The molecule has 0 aliphatic carbocycles. The average molecular weight is 728 g/mol. The van der Waals surface area contributed by atoms with Crippen molar-refractivity contribution in [3.05, 3.63) is 114 Å². The molecule has 5 aromatic rings. The first-order valence-corrected chi connectivity index (χ1v) is 18.5. The van der Waals surface area contributed by atoms with E-state index in [9.17, 15) is 19.2 Å². The van der Waals surface area contributed by atoms with Gasteiger partial charge in [0.1, 0.15) is 17.1 Å². The maximum absolute atomic E-state index is 13.3. The summed E-state index contributed by atoms with van der Waals surface area (Å²) in [6.45, 7) is 3.16. The number of carbonyl (C=O) groups is 4. The van der Waals surface area contributed by atoms with Gasteiger partial charge in [-0.1, -0.05) is 12.1 Å². The number of nitrogens with one attached hydrogen (secondary N) is 3. The van der Waals surface area contributed by atoms with E-state index in [-0.39, 0.29) is 30.0 Å². The molecule has 12 nitrogen and oxygen atoms in total. The first-order valence-electron chi connectivity index (χ1n) is 18.5. The number of ether oxygens (including phenoxy) is 1. The highest BCUT2D eigenvalue weighted by molar-refractivity contribution is 6.05. The standard InChI is InChI=1S/C42H45N7O5/c1-27-21-35-29(11-14-34-7-4-5-19-49(34)42(35)53)23-38(27)54-20-6-8-39(50)44-33-24-37(48(3)26-33)41(52)45-31-12-9-28(10-13-31)30-22-36(47(2)25-30)40(51)46-32-15-17-43-18-16-32/h9-10,12-13,15-18,21-26,34H,4-8,11,14,19-20H2,1-3H3,(H,44,50)(H,45,52)(H,43,46,51)/t34-/m0/s1. The third-order valence-corrected chi connectivity index (χ3v) is 10.2. The van der Waals surface area contributed by atoms with Gasteiger partial charge in [-0.25, -0.2) is 0 Å². The average Bonchev–Trinajstić information content (AvgIpc) is 3.71. The van der Waals surface area contributed by atoms with Crippen LogP contribution in [0.2, 0.25) is 0 Å². The maximum atomic E-state index is 13.3. The zero-order valence-corrected chi connectivity index (χ0v) is 30.9. The van der Waals surface area contributed by atoms with Gasteiger partial charge in [-0.05, 0) is 111 Å². The van der Waals surface area contributed by atoms with E-state index < -0.39 is 0 Å². The molecule has 0 spiro atoms. The quantitative estimate of drug-likeness (QED) is 0.126. The third-order valence-electron chi connectivity index (χ3n) is 10.2. The smallest absolute Gasteiger partial charge is 0.272 e. The number of benzene rings is 2. The van der Waals surface area contributed by atoms with Gasteiger partial charge < -0.3 is 34.7 Å². The molecule has 1 saturated heterocycles. The normalized spacial score (nSPS) is 15.1. The molecule has 278 valence electrons. The molecular formula is C42H45N7O5.